The number of Topliss-reactive ketones (excluding diaryl/α,β-unsaturated/α-hetero) is 1. The smallest absolute Gasteiger partial charge is 0.356 e. The van der Waals surface area contributed by atoms with E-state index in [4.69, 9.17) is 10.4 Å². The largest absolute Gasteiger partial charge is 0.476 e. The third-order valence-corrected chi connectivity index (χ3v) is 3.79. The van der Waals surface area contributed by atoms with Crippen LogP contribution in [0.25, 0.3) is 0 Å². The molecule has 2 N–H and O–H groups in total. The maximum Gasteiger partial charge on any atom is 0.356 e. The number of carbonyl (C=O) groups is 2. The number of nitrogens with one attached hydrogen (secondary N) is 1. The summed E-state index contributed by atoms with van der Waals surface area (Å²) < 4.78 is 0. The Hall–Kier alpha value is -2.72. The fraction of sp³-hybridized carbons (Fsp3) is 0.143. The Morgan fingerprint density at radius 3 is 2.52 bits per heavy atom. The highest BCUT2D eigenvalue weighted by Crippen LogP contribution is 2.24. The van der Waals surface area contributed by atoms with E-state index in [1.807, 2.05) is 6.07 Å². The first kappa shape index (κ1) is 14.7. The van der Waals surface area contributed by atoms with E-state index < -0.39 is 5.97 Å². The molecular formula is C14H11N3O3S. The van der Waals surface area contributed by atoms with E-state index in [0.717, 1.165) is 16.9 Å². The van der Waals surface area contributed by atoms with Gasteiger partial charge in [-0.25, -0.2) is 9.78 Å². The number of ketones is 1. The van der Waals surface area contributed by atoms with Crippen LogP contribution in [0, 0.1) is 11.3 Å². The fourth-order valence-electron chi connectivity index (χ4n) is 1.65. The normalized spacial score (nSPS) is 9.90. The minimum absolute atomic E-state index is 0.129. The third-order valence-electron chi connectivity index (χ3n) is 2.68. The zero-order valence-electron chi connectivity index (χ0n) is 11.1. The summed E-state index contributed by atoms with van der Waals surface area (Å²) in [5.74, 6) is -1.54. The summed E-state index contributed by atoms with van der Waals surface area (Å²) in [5, 5.41) is 21.1. The van der Waals surface area contributed by atoms with Crippen LogP contribution in [0.3, 0.4) is 0 Å². The van der Waals surface area contributed by atoms with Crippen molar-refractivity contribution in [2.45, 2.75) is 13.5 Å². The molecule has 21 heavy (non-hydrogen) atoms. The minimum Gasteiger partial charge on any atom is -0.476 e. The Labute approximate surface area is 124 Å². The molecule has 0 aliphatic rings. The lowest BCUT2D eigenvalue weighted by molar-refractivity contribution is 0.0687. The maximum absolute atomic E-state index is 11.4. The number of hydrogen-bond donors (Lipinski definition) is 2. The minimum atomic E-state index is -1.22. The van der Waals surface area contributed by atoms with E-state index in [-0.39, 0.29) is 16.4 Å². The van der Waals surface area contributed by atoms with Crippen molar-refractivity contribution < 1.29 is 14.7 Å². The molecule has 0 amide bonds. The second kappa shape index (κ2) is 6.15. The highest BCUT2D eigenvalue weighted by atomic mass is 32.1. The highest BCUT2D eigenvalue weighted by molar-refractivity contribution is 7.17. The quantitative estimate of drug-likeness (QED) is 0.822. The molecule has 1 aromatic heterocycles. The Kier molecular flexibility index (Phi) is 4.30. The predicted molar refractivity (Wildman–Crippen MR) is 77.6 cm³/mol. The fourth-order valence-corrected chi connectivity index (χ4v) is 2.50. The maximum atomic E-state index is 11.4. The molecule has 106 valence electrons. The first-order valence-corrected chi connectivity index (χ1v) is 6.81. The van der Waals surface area contributed by atoms with Gasteiger partial charge in [0.05, 0.1) is 11.6 Å². The van der Waals surface area contributed by atoms with Crippen molar-refractivity contribution in [3.8, 4) is 6.07 Å². The molecule has 0 radical (unpaired) electrons. The number of carboxylic acids is 1. The lowest BCUT2D eigenvalue weighted by Crippen LogP contribution is -2.04. The molecule has 0 aliphatic heterocycles. The van der Waals surface area contributed by atoms with Crippen molar-refractivity contribution in [1.82, 2.24) is 4.98 Å². The van der Waals surface area contributed by atoms with Gasteiger partial charge in [0, 0.05) is 13.5 Å². The van der Waals surface area contributed by atoms with Crippen LogP contribution >= 0.6 is 11.3 Å². The van der Waals surface area contributed by atoms with Gasteiger partial charge in [0.25, 0.3) is 0 Å². The molecule has 0 spiro atoms. The molecule has 7 heteroatoms. The number of hydrogen-bond acceptors (Lipinski definition) is 6. The van der Waals surface area contributed by atoms with Crippen molar-refractivity contribution in [3.05, 3.63) is 46.0 Å². The zero-order chi connectivity index (χ0) is 15.4. The van der Waals surface area contributed by atoms with E-state index in [2.05, 4.69) is 10.3 Å². The van der Waals surface area contributed by atoms with Crippen molar-refractivity contribution in [3.63, 3.8) is 0 Å². The van der Waals surface area contributed by atoms with Gasteiger partial charge < -0.3 is 10.4 Å². The summed E-state index contributed by atoms with van der Waals surface area (Å²) in [6.45, 7) is 1.74. The van der Waals surface area contributed by atoms with Crippen LogP contribution in [0.1, 0.15) is 38.2 Å². The summed E-state index contributed by atoms with van der Waals surface area (Å²) in [7, 11) is 0. The number of nitriles is 1. The molecule has 2 rings (SSSR count). The molecule has 6 nitrogen and oxygen atoms in total. The standard InChI is InChI=1S/C14H11N3O3S/c1-8(18)12-11(13(19)20)17-14(21-12)16-7-10-4-2-9(6-15)3-5-10/h2-5H,7H2,1H3,(H,16,17)(H,19,20). The Morgan fingerprint density at radius 2 is 2.05 bits per heavy atom. The van der Waals surface area contributed by atoms with Gasteiger partial charge in [-0.1, -0.05) is 23.5 Å². The molecule has 1 heterocycles. The van der Waals surface area contributed by atoms with Crippen LogP contribution < -0.4 is 5.32 Å². The SMILES string of the molecule is CC(=O)c1sc(NCc2ccc(C#N)cc2)nc1C(=O)O. The lowest BCUT2D eigenvalue weighted by Gasteiger charge is -2.02. The monoisotopic (exact) mass is 301 g/mol. The number of nitrogens with zero attached hydrogens (tertiary/aromatic N) is 2. The Balaban J connectivity index is 2.13. The van der Waals surface area contributed by atoms with Gasteiger partial charge in [-0.3, -0.25) is 4.79 Å². The Bertz CT molecular complexity index is 697. The predicted octanol–water partition coefficient (Wildman–Crippen LogP) is 2.53. The highest BCUT2D eigenvalue weighted by Gasteiger charge is 2.20. The van der Waals surface area contributed by atoms with Gasteiger partial charge in [-0.2, -0.15) is 5.26 Å². The van der Waals surface area contributed by atoms with E-state index in [0.29, 0.717) is 17.2 Å². The van der Waals surface area contributed by atoms with Crippen molar-refractivity contribution in [2.24, 2.45) is 0 Å². The average Bonchev–Trinajstić information content (AvgIpc) is 2.90. The zero-order valence-corrected chi connectivity index (χ0v) is 11.9. The molecule has 0 saturated carbocycles. The van der Waals surface area contributed by atoms with Crippen LogP contribution in [0.15, 0.2) is 24.3 Å². The molecule has 0 unspecified atom stereocenters. The number of carboxylic acid groups (broad SMARTS) is 1. The van der Waals surface area contributed by atoms with Gasteiger partial charge in [-0.15, -0.1) is 0 Å². The number of rotatable bonds is 5. The van der Waals surface area contributed by atoms with Crippen LogP contribution in [0.2, 0.25) is 0 Å². The molecule has 0 fully saturated rings. The van der Waals surface area contributed by atoms with E-state index in [9.17, 15) is 9.59 Å². The van der Waals surface area contributed by atoms with Crippen molar-refractivity contribution >= 4 is 28.2 Å². The topological polar surface area (TPSA) is 103 Å². The number of anilines is 1. The van der Waals surface area contributed by atoms with Gasteiger partial charge in [0.1, 0.15) is 4.88 Å². The molecule has 0 saturated heterocycles. The number of aromatic nitrogens is 1. The van der Waals surface area contributed by atoms with Crippen LogP contribution in [-0.2, 0) is 6.54 Å². The van der Waals surface area contributed by atoms with E-state index in [1.54, 1.807) is 24.3 Å². The third kappa shape index (κ3) is 3.43. The molecule has 1 aromatic carbocycles. The molecule has 0 bridgehead atoms. The number of carbonyl (C=O) groups excluding carboxylic acids is 1. The van der Waals surface area contributed by atoms with Gasteiger partial charge in [0.15, 0.2) is 16.6 Å². The summed E-state index contributed by atoms with van der Waals surface area (Å²) >= 11 is 1.02. The summed E-state index contributed by atoms with van der Waals surface area (Å²) in [6.07, 6.45) is 0. The second-order valence-electron chi connectivity index (χ2n) is 4.22. The van der Waals surface area contributed by atoms with Gasteiger partial charge in [-0.05, 0) is 17.7 Å². The Morgan fingerprint density at radius 1 is 1.38 bits per heavy atom. The molecule has 2 aromatic rings. The van der Waals surface area contributed by atoms with Crippen LogP contribution in [0.5, 0.6) is 0 Å². The molecule has 0 aliphatic carbocycles. The van der Waals surface area contributed by atoms with Gasteiger partial charge in [0.2, 0.25) is 0 Å². The number of aromatic carboxylic acids is 1. The van der Waals surface area contributed by atoms with Crippen LogP contribution in [-0.4, -0.2) is 21.8 Å². The number of benzene rings is 1. The average molecular weight is 301 g/mol. The van der Waals surface area contributed by atoms with E-state index >= 15 is 0 Å². The number of thiazole rings is 1. The first-order valence-electron chi connectivity index (χ1n) is 5.99. The summed E-state index contributed by atoms with van der Waals surface area (Å²) in [5.41, 5.74) is 1.26. The van der Waals surface area contributed by atoms with Crippen LogP contribution in [0.4, 0.5) is 5.13 Å². The van der Waals surface area contributed by atoms with Crippen molar-refractivity contribution in [1.29, 1.82) is 5.26 Å². The summed E-state index contributed by atoms with van der Waals surface area (Å²) in [6, 6.07) is 9.01. The molecule has 0 atom stereocenters. The van der Waals surface area contributed by atoms with E-state index in [1.165, 1.54) is 6.92 Å². The molecular weight excluding hydrogens is 290 g/mol. The summed E-state index contributed by atoms with van der Waals surface area (Å²) in [4.78, 5) is 26.4. The van der Waals surface area contributed by atoms with Gasteiger partial charge >= 0.3 is 5.97 Å². The van der Waals surface area contributed by atoms with Crippen molar-refractivity contribution in [2.75, 3.05) is 5.32 Å². The lowest BCUT2D eigenvalue weighted by atomic mass is 10.1. The first-order chi connectivity index (χ1) is 10.0. The second-order valence-corrected chi connectivity index (χ2v) is 5.22.